The maximum Gasteiger partial charge on any atom is 0.322 e. The van der Waals surface area contributed by atoms with Crippen molar-refractivity contribution in [3.8, 4) is 0 Å². The molecule has 0 spiro atoms. The molecule has 0 saturated heterocycles. The molecule has 0 radical (unpaired) electrons. The molecular weight excluding hydrogens is 222 g/mol. The van der Waals surface area contributed by atoms with Gasteiger partial charge in [-0.1, -0.05) is 6.07 Å². The van der Waals surface area contributed by atoms with Crippen LogP contribution in [0.3, 0.4) is 0 Å². The van der Waals surface area contributed by atoms with Gasteiger partial charge in [-0.25, -0.2) is 4.72 Å². The molecule has 72 valence electrons. The van der Waals surface area contributed by atoms with Crippen LogP contribution in [0.1, 0.15) is 0 Å². The van der Waals surface area contributed by atoms with Gasteiger partial charge in [0.25, 0.3) is 0 Å². The van der Waals surface area contributed by atoms with Crippen molar-refractivity contribution in [2.24, 2.45) is 0 Å². The smallest absolute Gasteiger partial charge is 0.266 e. The Bertz CT molecular complexity index is 617. The number of hydrogen-bond acceptors (Lipinski definition) is 4. The molecule has 0 bridgehead atoms. The van der Waals surface area contributed by atoms with Crippen molar-refractivity contribution in [3.63, 3.8) is 0 Å². The van der Waals surface area contributed by atoms with Gasteiger partial charge in [0.05, 0.1) is 15.8 Å². The Hall–Kier alpha value is -1.34. The fourth-order valence-electron chi connectivity index (χ4n) is 1.44. The lowest BCUT2D eigenvalue weighted by Crippen LogP contribution is -2.25. The van der Waals surface area contributed by atoms with Crippen molar-refractivity contribution in [1.82, 2.24) is 4.37 Å². The van der Waals surface area contributed by atoms with E-state index in [0.717, 1.165) is 10.1 Å². The summed E-state index contributed by atoms with van der Waals surface area (Å²) in [5, 5.41) is 0.840. The molecule has 1 aromatic carbocycles. The molecule has 3 rings (SSSR count). The lowest BCUT2D eigenvalue weighted by molar-refractivity contribution is 0.606. The second-order valence-electron chi connectivity index (χ2n) is 2.92. The van der Waals surface area contributed by atoms with Crippen LogP contribution in [0, 0.1) is 0 Å². The van der Waals surface area contributed by atoms with Crippen LogP contribution in [0.4, 0.5) is 11.5 Å². The second kappa shape index (κ2) is 2.37. The van der Waals surface area contributed by atoms with Gasteiger partial charge in [0.2, 0.25) is 0 Å². The first-order chi connectivity index (χ1) is 6.66. The van der Waals surface area contributed by atoms with Crippen molar-refractivity contribution in [2.45, 2.75) is 0 Å². The maximum absolute atomic E-state index is 11.3. The van der Waals surface area contributed by atoms with Crippen LogP contribution in [0.5, 0.6) is 0 Å². The first-order valence-electron chi connectivity index (χ1n) is 3.85. The number of rotatable bonds is 0. The average Bonchev–Trinajstić information content (AvgIpc) is 2.48. The zero-order valence-electron chi connectivity index (χ0n) is 6.81. The van der Waals surface area contributed by atoms with E-state index >= 15 is 0 Å². The summed E-state index contributed by atoms with van der Waals surface area (Å²) in [7, 11) is -3.47. The van der Waals surface area contributed by atoms with Crippen molar-refractivity contribution < 1.29 is 8.42 Å². The van der Waals surface area contributed by atoms with E-state index in [9.17, 15) is 8.42 Å². The van der Waals surface area contributed by atoms with E-state index in [0.29, 0.717) is 11.5 Å². The molecule has 1 aliphatic rings. The number of benzene rings is 1. The van der Waals surface area contributed by atoms with Crippen LogP contribution in [-0.2, 0) is 10.2 Å². The van der Waals surface area contributed by atoms with Crippen LogP contribution in [-0.4, -0.2) is 12.8 Å². The molecule has 0 atom stereocenters. The summed E-state index contributed by atoms with van der Waals surface area (Å²) in [5.74, 6) is 0.416. The molecule has 2 aromatic rings. The van der Waals surface area contributed by atoms with Gasteiger partial charge in [0, 0.05) is 0 Å². The van der Waals surface area contributed by atoms with E-state index in [1.165, 1.54) is 11.5 Å². The fourth-order valence-corrected chi connectivity index (χ4v) is 3.18. The predicted molar refractivity (Wildman–Crippen MR) is 55.8 cm³/mol. The predicted octanol–water partition coefficient (Wildman–Crippen LogP) is 1.38. The maximum atomic E-state index is 11.3. The van der Waals surface area contributed by atoms with E-state index in [-0.39, 0.29) is 0 Å². The van der Waals surface area contributed by atoms with Gasteiger partial charge in [0.15, 0.2) is 5.82 Å². The van der Waals surface area contributed by atoms with E-state index in [1.807, 2.05) is 6.07 Å². The Kier molecular flexibility index (Phi) is 1.35. The normalized spacial score (nSPS) is 17.4. The van der Waals surface area contributed by atoms with Gasteiger partial charge < -0.3 is 0 Å². The van der Waals surface area contributed by atoms with Crippen LogP contribution < -0.4 is 9.44 Å². The number of nitrogens with zero attached hydrogens (tertiary/aromatic N) is 1. The van der Waals surface area contributed by atoms with E-state index in [4.69, 9.17) is 0 Å². The molecule has 0 fully saturated rings. The second-order valence-corrected chi connectivity index (χ2v) is 5.14. The topological polar surface area (TPSA) is 71.1 Å². The molecule has 7 heteroatoms. The molecule has 0 unspecified atom stereocenters. The zero-order chi connectivity index (χ0) is 9.76. The first kappa shape index (κ1) is 8.01. The molecule has 14 heavy (non-hydrogen) atoms. The summed E-state index contributed by atoms with van der Waals surface area (Å²) in [6.07, 6.45) is 0. The molecule has 5 nitrogen and oxygen atoms in total. The third-order valence-corrected chi connectivity index (χ3v) is 3.74. The summed E-state index contributed by atoms with van der Waals surface area (Å²) in [4.78, 5) is 0. The highest BCUT2D eigenvalue weighted by molar-refractivity contribution is 7.94. The Balaban J connectivity index is 2.45. The lowest BCUT2D eigenvalue weighted by atomic mass is 10.2. The SMILES string of the molecule is O=S1(=O)Nc2cccc3snc(c23)N1. The molecular formula is C7H5N3O2S2. The van der Waals surface area contributed by atoms with Gasteiger partial charge in [-0.15, -0.1) is 0 Å². The average molecular weight is 227 g/mol. The van der Waals surface area contributed by atoms with Crippen LogP contribution in [0.2, 0.25) is 0 Å². The van der Waals surface area contributed by atoms with Crippen LogP contribution in [0.25, 0.3) is 10.1 Å². The van der Waals surface area contributed by atoms with Crippen LogP contribution in [0.15, 0.2) is 18.2 Å². The summed E-state index contributed by atoms with van der Waals surface area (Å²) >= 11 is 1.28. The fraction of sp³-hybridized carbons (Fsp3) is 0. The van der Waals surface area contributed by atoms with Crippen molar-refractivity contribution in [2.75, 3.05) is 9.44 Å². The minimum absolute atomic E-state index is 0.416. The molecule has 0 aliphatic carbocycles. The van der Waals surface area contributed by atoms with Crippen molar-refractivity contribution in [3.05, 3.63) is 18.2 Å². The number of nitrogens with one attached hydrogen (secondary N) is 2. The highest BCUT2D eigenvalue weighted by atomic mass is 32.2. The lowest BCUT2D eigenvalue weighted by Gasteiger charge is -2.15. The van der Waals surface area contributed by atoms with E-state index < -0.39 is 10.2 Å². The monoisotopic (exact) mass is 227 g/mol. The quantitative estimate of drug-likeness (QED) is 0.714. The number of aromatic nitrogens is 1. The molecule has 1 aliphatic heterocycles. The largest absolute Gasteiger partial charge is 0.322 e. The Morgan fingerprint density at radius 3 is 3.00 bits per heavy atom. The van der Waals surface area contributed by atoms with Gasteiger partial charge in [-0.05, 0) is 23.7 Å². The Labute approximate surface area is 84.1 Å². The summed E-state index contributed by atoms with van der Waals surface area (Å²) < 4.78 is 32.3. The van der Waals surface area contributed by atoms with Gasteiger partial charge >= 0.3 is 10.2 Å². The third kappa shape index (κ3) is 0.992. The molecule has 1 aromatic heterocycles. The summed E-state index contributed by atoms with van der Waals surface area (Å²) in [5.41, 5.74) is 0.588. The Morgan fingerprint density at radius 1 is 1.29 bits per heavy atom. The number of hydrogen-bond donors (Lipinski definition) is 2. The molecule has 2 N–H and O–H groups in total. The van der Waals surface area contributed by atoms with Crippen LogP contribution >= 0.6 is 11.5 Å². The first-order valence-corrected chi connectivity index (χ1v) is 6.10. The highest BCUT2D eigenvalue weighted by Gasteiger charge is 2.23. The minimum atomic E-state index is -3.47. The number of anilines is 2. The van der Waals surface area contributed by atoms with Crippen molar-refractivity contribution in [1.29, 1.82) is 0 Å². The summed E-state index contributed by atoms with van der Waals surface area (Å²) in [6.45, 7) is 0. The molecule has 0 saturated carbocycles. The van der Waals surface area contributed by atoms with Gasteiger partial charge in [0.1, 0.15) is 0 Å². The Morgan fingerprint density at radius 2 is 2.14 bits per heavy atom. The van der Waals surface area contributed by atoms with Crippen molar-refractivity contribution >= 4 is 43.3 Å². The van der Waals surface area contributed by atoms with Gasteiger partial charge in [-0.3, -0.25) is 4.72 Å². The van der Waals surface area contributed by atoms with E-state index in [2.05, 4.69) is 13.8 Å². The molecule has 0 amide bonds. The molecule has 2 heterocycles. The minimum Gasteiger partial charge on any atom is -0.266 e. The summed E-state index contributed by atoms with van der Waals surface area (Å²) in [6, 6.07) is 5.42. The zero-order valence-corrected chi connectivity index (χ0v) is 8.45. The highest BCUT2D eigenvalue weighted by Crippen LogP contribution is 2.36. The standard InChI is InChI=1S/C7H5N3O2S2/c11-14(12)9-4-2-1-3-5-6(4)7(10-14)8-13-5/h1-3,9H,(H,8,10). The van der Waals surface area contributed by atoms with Gasteiger partial charge in [-0.2, -0.15) is 12.8 Å². The van der Waals surface area contributed by atoms with E-state index in [1.54, 1.807) is 12.1 Å². The third-order valence-electron chi connectivity index (χ3n) is 1.97.